The molecule has 3 rings (SSSR count). The zero-order valence-electron chi connectivity index (χ0n) is 13.4. The van der Waals surface area contributed by atoms with E-state index >= 15 is 0 Å². The van der Waals surface area contributed by atoms with Gasteiger partial charge in [-0.05, 0) is 36.8 Å². The number of amides is 1. The van der Waals surface area contributed by atoms with E-state index in [2.05, 4.69) is 15.4 Å². The van der Waals surface area contributed by atoms with Gasteiger partial charge in [0.05, 0.1) is 0 Å². The van der Waals surface area contributed by atoms with E-state index in [1.165, 1.54) is 16.8 Å². The summed E-state index contributed by atoms with van der Waals surface area (Å²) in [6.45, 7) is 1.63. The lowest BCUT2D eigenvalue weighted by molar-refractivity contribution is -0.142. The van der Waals surface area contributed by atoms with E-state index in [9.17, 15) is 19.1 Å². The Hall–Kier alpha value is -3.16. The molecule has 0 saturated heterocycles. The topological polar surface area (TPSA) is 100 Å². The number of aromatic nitrogens is 3. The number of halogens is 1. The molecule has 25 heavy (non-hydrogen) atoms. The summed E-state index contributed by atoms with van der Waals surface area (Å²) in [4.78, 5) is 26.8. The van der Waals surface area contributed by atoms with Gasteiger partial charge in [-0.25, -0.2) is 9.18 Å². The van der Waals surface area contributed by atoms with Crippen LogP contribution in [0.1, 0.15) is 18.5 Å². The summed E-state index contributed by atoms with van der Waals surface area (Å²) in [5.41, 5.74) is 1.27. The summed E-state index contributed by atoms with van der Waals surface area (Å²) in [5.74, 6) is -1.96. The maximum absolute atomic E-state index is 13.3. The summed E-state index contributed by atoms with van der Waals surface area (Å²) in [7, 11) is 0. The molecule has 0 saturated carbocycles. The molecular formula is C17H17FN4O3. The van der Waals surface area contributed by atoms with Crippen molar-refractivity contribution in [2.24, 2.45) is 0 Å². The molecule has 0 bridgehead atoms. The monoisotopic (exact) mass is 344 g/mol. The first-order chi connectivity index (χ1) is 12.0. The van der Waals surface area contributed by atoms with E-state index in [0.717, 1.165) is 5.39 Å². The largest absolute Gasteiger partial charge is 0.480 e. The van der Waals surface area contributed by atoms with Crippen LogP contribution in [0, 0.1) is 5.82 Å². The molecule has 7 nitrogen and oxygen atoms in total. The highest BCUT2D eigenvalue weighted by atomic mass is 19.1. The summed E-state index contributed by atoms with van der Waals surface area (Å²) < 4.78 is 14.7. The van der Waals surface area contributed by atoms with Gasteiger partial charge in [0.2, 0.25) is 5.91 Å². The van der Waals surface area contributed by atoms with E-state index in [4.69, 9.17) is 0 Å². The highest BCUT2D eigenvalue weighted by Gasteiger charge is 2.25. The number of nitrogens with zero attached hydrogens (tertiary/aromatic N) is 2. The lowest BCUT2D eigenvalue weighted by Crippen LogP contribution is -2.45. The number of carbonyl (C=O) groups is 2. The van der Waals surface area contributed by atoms with Crippen LogP contribution in [0.25, 0.3) is 10.9 Å². The number of aliphatic carboxylic acids is 1. The third-order valence-electron chi connectivity index (χ3n) is 4.07. The maximum atomic E-state index is 13.3. The van der Waals surface area contributed by atoms with Gasteiger partial charge in [-0.1, -0.05) is 0 Å². The number of benzene rings is 1. The van der Waals surface area contributed by atoms with Crippen LogP contribution < -0.4 is 5.32 Å². The number of carboxylic acids is 1. The Morgan fingerprint density at radius 1 is 1.44 bits per heavy atom. The van der Waals surface area contributed by atoms with Crippen molar-refractivity contribution >= 4 is 22.8 Å². The van der Waals surface area contributed by atoms with E-state index in [0.29, 0.717) is 11.1 Å². The second-order valence-corrected chi connectivity index (χ2v) is 5.77. The van der Waals surface area contributed by atoms with Crippen molar-refractivity contribution in [2.45, 2.75) is 25.4 Å². The summed E-state index contributed by atoms with van der Waals surface area (Å²) in [5, 5.41) is 16.7. The standard InChI is InChI=1S/C17H17FN4O3/c1-10(22-6-2-5-20-22)16(23)21-15(17(24)25)7-11-9-19-14-8-12(18)3-4-13(11)14/h2-6,8-10,15,19H,7H2,1H3,(H,21,23)(H,24,25). The number of carboxylic acid groups (broad SMARTS) is 1. The number of hydrogen-bond donors (Lipinski definition) is 3. The van der Waals surface area contributed by atoms with Crippen LogP contribution >= 0.6 is 0 Å². The van der Waals surface area contributed by atoms with E-state index in [1.807, 2.05) is 0 Å². The number of nitrogens with one attached hydrogen (secondary N) is 2. The molecule has 0 aliphatic heterocycles. The minimum atomic E-state index is -1.14. The normalized spacial score (nSPS) is 13.5. The molecule has 2 unspecified atom stereocenters. The molecule has 8 heteroatoms. The van der Waals surface area contributed by atoms with Crippen molar-refractivity contribution < 1.29 is 19.1 Å². The van der Waals surface area contributed by atoms with Crippen LogP contribution in [0.2, 0.25) is 0 Å². The van der Waals surface area contributed by atoms with E-state index in [-0.39, 0.29) is 12.2 Å². The minimum absolute atomic E-state index is 0.0819. The van der Waals surface area contributed by atoms with Crippen LogP contribution in [0.4, 0.5) is 4.39 Å². The summed E-state index contributed by atoms with van der Waals surface area (Å²) in [6.07, 6.45) is 4.89. The number of hydrogen-bond acceptors (Lipinski definition) is 3. The van der Waals surface area contributed by atoms with Gasteiger partial charge in [-0.2, -0.15) is 5.10 Å². The fourth-order valence-corrected chi connectivity index (χ4v) is 2.67. The summed E-state index contributed by atoms with van der Waals surface area (Å²) in [6, 6.07) is 4.19. The molecule has 1 aromatic carbocycles. The Labute approximate surface area is 142 Å². The predicted molar refractivity (Wildman–Crippen MR) is 88.5 cm³/mol. The fourth-order valence-electron chi connectivity index (χ4n) is 2.67. The Morgan fingerprint density at radius 3 is 2.92 bits per heavy atom. The Kier molecular flexibility index (Phi) is 4.51. The van der Waals surface area contributed by atoms with E-state index in [1.54, 1.807) is 37.6 Å². The molecule has 2 atom stereocenters. The minimum Gasteiger partial charge on any atom is -0.480 e. The Morgan fingerprint density at radius 2 is 2.24 bits per heavy atom. The molecule has 130 valence electrons. The molecule has 0 fully saturated rings. The Bertz CT molecular complexity index is 904. The molecule has 2 heterocycles. The lowest BCUT2D eigenvalue weighted by atomic mass is 10.0. The first-order valence-corrected chi connectivity index (χ1v) is 7.73. The van der Waals surface area contributed by atoms with Crippen molar-refractivity contribution in [2.75, 3.05) is 0 Å². The quantitative estimate of drug-likeness (QED) is 0.635. The van der Waals surface area contributed by atoms with E-state index < -0.39 is 24.0 Å². The van der Waals surface area contributed by atoms with Gasteiger partial charge in [0, 0.05) is 35.9 Å². The molecule has 3 N–H and O–H groups in total. The van der Waals surface area contributed by atoms with Gasteiger partial charge in [-0.15, -0.1) is 0 Å². The number of aromatic amines is 1. The zero-order chi connectivity index (χ0) is 18.0. The van der Waals surface area contributed by atoms with Crippen molar-refractivity contribution in [1.82, 2.24) is 20.1 Å². The predicted octanol–water partition coefficient (Wildman–Crippen LogP) is 1.88. The van der Waals surface area contributed by atoms with Crippen LogP contribution in [0.5, 0.6) is 0 Å². The van der Waals surface area contributed by atoms with Crippen LogP contribution in [-0.2, 0) is 16.0 Å². The lowest BCUT2D eigenvalue weighted by Gasteiger charge is -2.18. The number of rotatable bonds is 6. The van der Waals surface area contributed by atoms with Gasteiger partial charge < -0.3 is 15.4 Å². The number of carbonyl (C=O) groups excluding carboxylic acids is 1. The number of fused-ring (bicyclic) bond motifs is 1. The molecule has 0 aliphatic carbocycles. The van der Waals surface area contributed by atoms with Gasteiger partial charge in [0.25, 0.3) is 0 Å². The van der Waals surface area contributed by atoms with Crippen molar-refractivity contribution in [1.29, 1.82) is 0 Å². The molecule has 1 amide bonds. The molecular weight excluding hydrogens is 327 g/mol. The van der Waals surface area contributed by atoms with Crippen molar-refractivity contribution in [3.63, 3.8) is 0 Å². The maximum Gasteiger partial charge on any atom is 0.326 e. The first kappa shape index (κ1) is 16.7. The summed E-state index contributed by atoms with van der Waals surface area (Å²) >= 11 is 0. The SMILES string of the molecule is CC(C(=O)NC(Cc1c[nH]c2cc(F)ccc12)C(=O)O)n1cccn1. The van der Waals surface area contributed by atoms with Gasteiger partial charge >= 0.3 is 5.97 Å². The van der Waals surface area contributed by atoms with Crippen molar-refractivity contribution in [3.05, 3.63) is 54.2 Å². The highest BCUT2D eigenvalue weighted by molar-refractivity contribution is 5.87. The third-order valence-corrected chi connectivity index (χ3v) is 4.07. The molecule has 3 aromatic rings. The average Bonchev–Trinajstić information content (AvgIpc) is 3.23. The second-order valence-electron chi connectivity index (χ2n) is 5.77. The van der Waals surface area contributed by atoms with Crippen LogP contribution in [-0.4, -0.2) is 37.8 Å². The third kappa shape index (κ3) is 3.52. The molecule has 0 radical (unpaired) electrons. The average molecular weight is 344 g/mol. The zero-order valence-corrected chi connectivity index (χ0v) is 13.4. The number of H-pyrrole nitrogens is 1. The van der Waals surface area contributed by atoms with Crippen LogP contribution in [0.3, 0.4) is 0 Å². The fraction of sp³-hybridized carbons (Fsp3) is 0.235. The van der Waals surface area contributed by atoms with Gasteiger partial charge in [-0.3, -0.25) is 9.48 Å². The first-order valence-electron chi connectivity index (χ1n) is 7.73. The molecule has 0 aliphatic rings. The smallest absolute Gasteiger partial charge is 0.326 e. The molecule has 2 aromatic heterocycles. The van der Waals surface area contributed by atoms with Gasteiger partial charge in [0.1, 0.15) is 17.9 Å². The van der Waals surface area contributed by atoms with Gasteiger partial charge in [0.15, 0.2) is 0 Å². The Balaban J connectivity index is 1.77. The molecule has 0 spiro atoms. The van der Waals surface area contributed by atoms with Crippen molar-refractivity contribution in [3.8, 4) is 0 Å². The van der Waals surface area contributed by atoms with Crippen LogP contribution in [0.15, 0.2) is 42.9 Å². The second kappa shape index (κ2) is 6.76. The highest BCUT2D eigenvalue weighted by Crippen LogP contribution is 2.20.